The highest BCUT2D eigenvalue weighted by Crippen LogP contribution is 2.29. The fourth-order valence-corrected chi connectivity index (χ4v) is 2.68. The first kappa shape index (κ1) is 14.3. The minimum Gasteiger partial charge on any atom is -0.378 e. The lowest BCUT2D eigenvalue weighted by molar-refractivity contribution is 0.0459. The van der Waals surface area contributed by atoms with E-state index in [1.54, 1.807) is 6.07 Å². The second-order valence-electron chi connectivity index (χ2n) is 5.13. The van der Waals surface area contributed by atoms with Crippen LogP contribution in [0, 0.1) is 5.82 Å². The molecule has 1 aliphatic heterocycles. The van der Waals surface area contributed by atoms with Crippen molar-refractivity contribution in [2.24, 2.45) is 5.73 Å². The lowest BCUT2D eigenvalue weighted by atomic mass is 10.0. The summed E-state index contributed by atoms with van der Waals surface area (Å²) >= 11 is 0. The number of rotatable bonds is 4. The molecule has 1 aromatic carbocycles. The van der Waals surface area contributed by atoms with Gasteiger partial charge in [0.2, 0.25) is 0 Å². The maximum Gasteiger partial charge on any atom is 0.123 e. The van der Waals surface area contributed by atoms with Gasteiger partial charge in [-0.15, -0.1) is 0 Å². The molecule has 0 aromatic heterocycles. The van der Waals surface area contributed by atoms with E-state index in [4.69, 9.17) is 10.5 Å². The predicted octanol–water partition coefficient (Wildman–Crippen LogP) is 2.85. The van der Waals surface area contributed by atoms with Crippen LogP contribution in [0.1, 0.15) is 38.3 Å². The number of ether oxygens (including phenoxy) is 1. The summed E-state index contributed by atoms with van der Waals surface area (Å²) in [6.07, 6.45) is 2.40. The monoisotopic (exact) mass is 266 g/mol. The molecule has 0 amide bonds. The molecule has 1 saturated heterocycles. The summed E-state index contributed by atoms with van der Waals surface area (Å²) in [5.74, 6) is -0.222. The highest BCUT2D eigenvalue weighted by molar-refractivity contribution is 5.55. The van der Waals surface area contributed by atoms with Gasteiger partial charge in [0, 0.05) is 31.4 Å². The zero-order valence-electron chi connectivity index (χ0n) is 11.7. The molecule has 1 aromatic rings. The van der Waals surface area contributed by atoms with E-state index in [1.165, 1.54) is 6.07 Å². The first-order valence-electron chi connectivity index (χ1n) is 7.03. The van der Waals surface area contributed by atoms with E-state index in [0.29, 0.717) is 6.10 Å². The lowest BCUT2D eigenvalue weighted by Crippen LogP contribution is -2.37. The summed E-state index contributed by atoms with van der Waals surface area (Å²) in [4.78, 5) is 2.29. The Morgan fingerprint density at radius 1 is 1.42 bits per heavy atom. The average molecular weight is 266 g/mol. The molecule has 106 valence electrons. The van der Waals surface area contributed by atoms with Crippen LogP contribution in [0.3, 0.4) is 0 Å². The van der Waals surface area contributed by atoms with Crippen LogP contribution in [0.2, 0.25) is 0 Å². The normalized spacial score (nSPS) is 18.6. The Hall–Kier alpha value is -1.13. The van der Waals surface area contributed by atoms with E-state index >= 15 is 0 Å². The number of hydrogen-bond donors (Lipinski definition) is 1. The molecule has 0 saturated carbocycles. The van der Waals surface area contributed by atoms with E-state index in [-0.39, 0.29) is 11.9 Å². The van der Waals surface area contributed by atoms with Crippen LogP contribution in [0.15, 0.2) is 18.2 Å². The molecule has 1 fully saturated rings. The van der Waals surface area contributed by atoms with Crippen molar-refractivity contribution in [1.82, 2.24) is 0 Å². The van der Waals surface area contributed by atoms with Crippen LogP contribution in [0.5, 0.6) is 0 Å². The second-order valence-corrected chi connectivity index (χ2v) is 5.13. The maximum absolute atomic E-state index is 13.3. The Morgan fingerprint density at radius 2 is 2.11 bits per heavy atom. The van der Waals surface area contributed by atoms with E-state index in [1.807, 2.05) is 19.9 Å². The Balaban J connectivity index is 2.11. The van der Waals surface area contributed by atoms with Gasteiger partial charge in [-0.1, -0.05) is 0 Å². The second kappa shape index (κ2) is 6.35. The van der Waals surface area contributed by atoms with Crippen LogP contribution in [0.4, 0.5) is 10.1 Å². The Labute approximate surface area is 114 Å². The molecule has 19 heavy (non-hydrogen) atoms. The SMILES string of the molecule is CCOC1CCN(c2ccc(F)cc2[C@@H](C)N)CC1. The molecule has 3 nitrogen and oxygen atoms in total. The summed E-state index contributed by atoms with van der Waals surface area (Å²) in [5.41, 5.74) is 7.89. The maximum atomic E-state index is 13.3. The van der Waals surface area contributed by atoms with Crippen molar-refractivity contribution in [2.75, 3.05) is 24.6 Å². The van der Waals surface area contributed by atoms with Crippen molar-refractivity contribution in [3.63, 3.8) is 0 Å². The first-order valence-corrected chi connectivity index (χ1v) is 7.03. The molecule has 1 aliphatic rings. The van der Waals surface area contributed by atoms with Crippen LogP contribution in [-0.4, -0.2) is 25.8 Å². The van der Waals surface area contributed by atoms with Crippen molar-refractivity contribution < 1.29 is 9.13 Å². The van der Waals surface area contributed by atoms with E-state index in [2.05, 4.69) is 4.90 Å². The third-order valence-electron chi connectivity index (χ3n) is 3.67. The van der Waals surface area contributed by atoms with Gasteiger partial charge in [0.25, 0.3) is 0 Å². The number of hydrogen-bond acceptors (Lipinski definition) is 3. The zero-order valence-corrected chi connectivity index (χ0v) is 11.7. The third-order valence-corrected chi connectivity index (χ3v) is 3.67. The van der Waals surface area contributed by atoms with Gasteiger partial charge in [0.1, 0.15) is 5.82 Å². The summed E-state index contributed by atoms with van der Waals surface area (Å²) in [7, 11) is 0. The molecule has 2 rings (SSSR count). The number of halogens is 1. The molecule has 0 aliphatic carbocycles. The van der Waals surface area contributed by atoms with Gasteiger partial charge in [-0.25, -0.2) is 4.39 Å². The summed E-state index contributed by atoms with van der Waals surface area (Å²) in [6, 6.07) is 4.75. The minimum atomic E-state index is -0.222. The number of nitrogens with two attached hydrogens (primary N) is 1. The van der Waals surface area contributed by atoms with Crippen molar-refractivity contribution in [1.29, 1.82) is 0 Å². The number of benzene rings is 1. The van der Waals surface area contributed by atoms with Gasteiger partial charge < -0.3 is 15.4 Å². The molecule has 0 radical (unpaired) electrons. The quantitative estimate of drug-likeness (QED) is 0.910. The molecular formula is C15H23FN2O. The van der Waals surface area contributed by atoms with Gasteiger partial charge in [-0.2, -0.15) is 0 Å². The predicted molar refractivity (Wildman–Crippen MR) is 75.9 cm³/mol. The van der Waals surface area contributed by atoms with Crippen LogP contribution < -0.4 is 10.6 Å². The molecule has 4 heteroatoms. The average Bonchev–Trinajstić information content (AvgIpc) is 2.40. The van der Waals surface area contributed by atoms with Crippen molar-refractivity contribution in [3.8, 4) is 0 Å². The van der Waals surface area contributed by atoms with Gasteiger partial charge in [-0.3, -0.25) is 0 Å². The van der Waals surface area contributed by atoms with Crippen LogP contribution in [-0.2, 0) is 4.74 Å². The Bertz CT molecular complexity index is 415. The molecule has 0 bridgehead atoms. The lowest BCUT2D eigenvalue weighted by Gasteiger charge is -2.35. The number of piperidine rings is 1. The van der Waals surface area contributed by atoms with Crippen LogP contribution in [0.25, 0.3) is 0 Å². The van der Waals surface area contributed by atoms with E-state index in [9.17, 15) is 4.39 Å². The van der Waals surface area contributed by atoms with Gasteiger partial charge >= 0.3 is 0 Å². The van der Waals surface area contributed by atoms with Crippen molar-refractivity contribution in [3.05, 3.63) is 29.6 Å². The van der Waals surface area contributed by atoms with Gasteiger partial charge in [0.15, 0.2) is 0 Å². The smallest absolute Gasteiger partial charge is 0.123 e. The fourth-order valence-electron chi connectivity index (χ4n) is 2.68. The largest absolute Gasteiger partial charge is 0.378 e. The van der Waals surface area contributed by atoms with Crippen molar-refractivity contribution >= 4 is 5.69 Å². The summed E-state index contributed by atoms with van der Waals surface area (Å²) in [5, 5.41) is 0. The Kier molecular flexibility index (Phi) is 4.77. The summed E-state index contributed by atoms with van der Waals surface area (Å²) in [6.45, 7) is 6.57. The molecular weight excluding hydrogens is 243 g/mol. The standard InChI is InChI=1S/C15H23FN2O/c1-3-19-13-6-8-18(9-7-13)15-5-4-12(16)10-14(15)11(2)17/h4-5,10-11,13H,3,6-9,17H2,1-2H3/t11-/m1/s1. The number of nitrogens with zero attached hydrogens (tertiary/aromatic N) is 1. The molecule has 0 unspecified atom stereocenters. The van der Waals surface area contributed by atoms with E-state index < -0.39 is 0 Å². The molecule has 2 N–H and O–H groups in total. The molecule has 0 spiro atoms. The fraction of sp³-hybridized carbons (Fsp3) is 0.600. The van der Waals surface area contributed by atoms with E-state index in [0.717, 1.165) is 43.8 Å². The number of anilines is 1. The third kappa shape index (κ3) is 3.45. The van der Waals surface area contributed by atoms with Crippen molar-refractivity contribution in [2.45, 2.75) is 38.8 Å². The zero-order chi connectivity index (χ0) is 13.8. The molecule has 1 heterocycles. The minimum absolute atomic E-state index is 0.157. The van der Waals surface area contributed by atoms with Gasteiger partial charge in [-0.05, 0) is 50.5 Å². The highest BCUT2D eigenvalue weighted by atomic mass is 19.1. The first-order chi connectivity index (χ1) is 9.11. The molecule has 1 atom stereocenters. The topological polar surface area (TPSA) is 38.5 Å². The highest BCUT2D eigenvalue weighted by Gasteiger charge is 2.22. The van der Waals surface area contributed by atoms with Gasteiger partial charge in [0.05, 0.1) is 6.10 Å². The Morgan fingerprint density at radius 3 is 2.68 bits per heavy atom. The summed E-state index contributed by atoms with van der Waals surface area (Å²) < 4.78 is 19.0. The van der Waals surface area contributed by atoms with Crippen LogP contribution >= 0.6 is 0 Å².